The van der Waals surface area contributed by atoms with E-state index in [0.29, 0.717) is 0 Å². The molecular formula is C12H24N2O3. The van der Waals surface area contributed by atoms with E-state index in [-0.39, 0.29) is 18.1 Å². The molecule has 0 aromatic carbocycles. The van der Waals surface area contributed by atoms with Crippen LogP contribution in [-0.2, 0) is 14.3 Å². The summed E-state index contributed by atoms with van der Waals surface area (Å²) in [6.45, 7) is 5.81. The van der Waals surface area contributed by atoms with Gasteiger partial charge in [-0.15, -0.1) is 0 Å². The van der Waals surface area contributed by atoms with Crippen molar-refractivity contribution >= 4 is 5.97 Å². The molecule has 1 fully saturated rings. The maximum atomic E-state index is 11.4. The van der Waals surface area contributed by atoms with Crippen molar-refractivity contribution in [2.45, 2.75) is 31.9 Å². The molecule has 1 aliphatic rings. The average molecular weight is 244 g/mol. The Morgan fingerprint density at radius 1 is 1.65 bits per heavy atom. The number of methoxy groups -OCH3 is 1. The second-order valence-electron chi connectivity index (χ2n) is 4.49. The highest BCUT2D eigenvalue weighted by atomic mass is 16.5. The molecule has 0 radical (unpaired) electrons. The molecule has 2 atom stereocenters. The van der Waals surface area contributed by atoms with Crippen molar-refractivity contribution in [3.05, 3.63) is 0 Å². The van der Waals surface area contributed by atoms with Crippen LogP contribution in [0.5, 0.6) is 0 Å². The molecule has 5 heteroatoms. The van der Waals surface area contributed by atoms with Crippen LogP contribution in [0.4, 0.5) is 0 Å². The predicted octanol–water partition coefficient (Wildman–Crippen LogP) is 0.248. The SMILES string of the molecule is CNC(CCN1CCCOC(C)C1)C(=O)OC. The number of carbonyl (C=O) groups excluding carboxylic acids is 1. The Bertz CT molecular complexity index is 236. The first-order valence-corrected chi connectivity index (χ1v) is 6.26. The van der Waals surface area contributed by atoms with Gasteiger partial charge in [0.05, 0.1) is 13.2 Å². The van der Waals surface area contributed by atoms with E-state index in [1.54, 1.807) is 7.05 Å². The van der Waals surface area contributed by atoms with E-state index >= 15 is 0 Å². The summed E-state index contributed by atoms with van der Waals surface area (Å²) in [5, 5.41) is 2.99. The van der Waals surface area contributed by atoms with Crippen LogP contribution in [0.3, 0.4) is 0 Å². The van der Waals surface area contributed by atoms with Crippen molar-refractivity contribution in [2.24, 2.45) is 0 Å². The van der Waals surface area contributed by atoms with E-state index in [0.717, 1.165) is 39.1 Å². The van der Waals surface area contributed by atoms with Gasteiger partial charge >= 0.3 is 5.97 Å². The number of likely N-dealkylation sites (N-methyl/N-ethyl adjacent to an activating group) is 1. The van der Waals surface area contributed by atoms with Gasteiger partial charge in [-0.1, -0.05) is 0 Å². The van der Waals surface area contributed by atoms with E-state index in [1.807, 2.05) is 0 Å². The first-order chi connectivity index (χ1) is 8.17. The van der Waals surface area contributed by atoms with Gasteiger partial charge < -0.3 is 19.7 Å². The van der Waals surface area contributed by atoms with Crippen LogP contribution < -0.4 is 5.32 Å². The topological polar surface area (TPSA) is 50.8 Å². The minimum Gasteiger partial charge on any atom is -0.468 e. The second-order valence-corrected chi connectivity index (χ2v) is 4.49. The third-order valence-corrected chi connectivity index (χ3v) is 3.10. The molecule has 1 N–H and O–H groups in total. The fourth-order valence-electron chi connectivity index (χ4n) is 2.12. The average Bonchev–Trinajstić information content (AvgIpc) is 2.54. The van der Waals surface area contributed by atoms with Crippen LogP contribution in [0.1, 0.15) is 19.8 Å². The quantitative estimate of drug-likeness (QED) is 0.703. The van der Waals surface area contributed by atoms with Crippen LogP contribution in [0, 0.1) is 0 Å². The van der Waals surface area contributed by atoms with Gasteiger partial charge in [-0.25, -0.2) is 0 Å². The van der Waals surface area contributed by atoms with Gasteiger partial charge in [0.1, 0.15) is 6.04 Å². The molecule has 0 amide bonds. The Kier molecular flexibility index (Phi) is 6.47. The van der Waals surface area contributed by atoms with Crippen molar-refractivity contribution in [1.82, 2.24) is 10.2 Å². The van der Waals surface area contributed by atoms with Gasteiger partial charge in [-0.3, -0.25) is 4.79 Å². The van der Waals surface area contributed by atoms with Gasteiger partial charge in [0.25, 0.3) is 0 Å². The maximum Gasteiger partial charge on any atom is 0.322 e. The lowest BCUT2D eigenvalue weighted by molar-refractivity contribution is -0.143. The Balaban J connectivity index is 2.34. The molecule has 1 aliphatic heterocycles. The molecule has 0 bridgehead atoms. The lowest BCUT2D eigenvalue weighted by Gasteiger charge is -2.23. The summed E-state index contributed by atoms with van der Waals surface area (Å²) in [5.74, 6) is -0.188. The van der Waals surface area contributed by atoms with Gasteiger partial charge in [-0.05, 0) is 26.8 Å². The van der Waals surface area contributed by atoms with Crippen molar-refractivity contribution in [1.29, 1.82) is 0 Å². The number of ether oxygens (including phenoxy) is 2. The predicted molar refractivity (Wildman–Crippen MR) is 66.0 cm³/mol. The zero-order valence-corrected chi connectivity index (χ0v) is 11.1. The van der Waals surface area contributed by atoms with Crippen molar-refractivity contribution < 1.29 is 14.3 Å². The Morgan fingerprint density at radius 2 is 2.41 bits per heavy atom. The number of rotatable bonds is 5. The highest BCUT2D eigenvalue weighted by Gasteiger charge is 2.20. The summed E-state index contributed by atoms with van der Waals surface area (Å²) in [6.07, 6.45) is 2.12. The molecule has 0 aromatic rings. The van der Waals surface area contributed by atoms with Gasteiger partial charge in [0.2, 0.25) is 0 Å². The van der Waals surface area contributed by atoms with Crippen molar-refractivity contribution in [2.75, 3.05) is 40.4 Å². The van der Waals surface area contributed by atoms with E-state index in [4.69, 9.17) is 9.47 Å². The molecule has 1 heterocycles. The molecule has 0 spiro atoms. The molecule has 2 unspecified atom stereocenters. The largest absolute Gasteiger partial charge is 0.468 e. The molecule has 0 aromatic heterocycles. The fourth-order valence-corrected chi connectivity index (χ4v) is 2.12. The second kappa shape index (κ2) is 7.63. The van der Waals surface area contributed by atoms with Crippen LogP contribution in [0.25, 0.3) is 0 Å². The molecule has 1 rings (SSSR count). The number of hydrogen-bond donors (Lipinski definition) is 1. The van der Waals surface area contributed by atoms with Crippen LogP contribution >= 0.6 is 0 Å². The van der Waals surface area contributed by atoms with Gasteiger partial charge in [-0.2, -0.15) is 0 Å². The monoisotopic (exact) mass is 244 g/mol. The van der Waals surface area contributed by atoms with Crippen LogP contribution in [-0.4, -0.2) is 63.4 Å². The summed E-state index contributed by atoms with van der Waals surface area (Å²) >= 11 is 0. The molecule has 1 saturated heterocycles. The standard InChI is InChI=1S/C12H24N2O3/c1-10-9-14(6-4-8-17-10)7-5-11(13-2)12(15)16-3/h10-11,13H,4-9H2,1-3H3. The third-order valence-electron chi connectivity index (χ3n) is 3.10. The summed E-state index contributed by atoms with van der Waals surface area (Å²) < 4.78 is 10.3. The van der Waals surface area contributed by atoms with Crippen molar-refractivity contribution in [3.8, 4) is 0 Å². The highest BCUT2D eigenvalue weighted by Crippen LogP contribution is 2.07. The van der Waals surface area contributed by atoms with E-state index in [9.17, 15) is 4.79 Å². The van der Waals surface area contributed by atoms with E-state index in [2.05, 4.69) is 17.1 Å². The van der Waals surface area contributed by atoms with E-state index in [1.165, 1.54) is 7.11 Å². The lowest BCUT2D eigenvalue weighted by atomic mass is 10.2. The zero-order chi connectivity index (χ0) is 12.7. The Morgan fingerprint density at radius 3 is 3.06 bits per heavy atom. The van der Waals surface area contributed by atoms with Gasteiger partial charge in [0, 0.05) is 26.2 Å². The highest BCUT2D eigenvalue weighted by molar-refractivity contribution is 5.75. The van der Waals surface area contributed by atoms with Crippen molar-refractivity contribution in [3.63, 3.8) is 0 Å². The minimum absolute atomic E-state index is 0.188. The molecule has 5 nitrogen and oxygen atoms in total. The third kappa shape index (κ3) is 5.02. The molecule has 17 heavy (non-hydrogen) atoms. The molecule has 0 saturated carbocycles. The minimum atomic E-state index is -0.209. The summed E-state index contributed by atoms with van der Waals surface area (Å²) in [6, 6.07) is -0.209. The van der Waals surface area contributed by atoms with Crippen LogP contribution in [0.2, 0.25) is 0 Å². The molecule has 100 valence electrons. The first-order valence-electron chi connectivity index (χ1n) is 6.26. The Labute approximate surface area is 103 Å². The molecular weight excluding hydrogens is 220 g/mol. The maximum absolute atomic E-state index is 11.4. The number of nitrogens with one attached hydrogen (secondary N) is 1. The van der Waals surface area contributed by atoms with Crippen LogP contribution in [0.15, 0.2) is 0 Å². The molecule has 0 aliphatic carbocycles. The fraction of sp³-hybridized carbons (Fsp3) is 0.917. The summed E-state index contributed by atoms with van der Waals surface area (Å²) in [7, 11) is 3.21. The van der Waals surface area contributed by atoms with Gasteiger partial charge in [0.15, 0.2) is 0 Å². The number of hydrogen-bond acceptors (Lipinski definition) is 5. The number of esters is 1. The zero-order valence-electron chi connectivity index (χ0n) is 11.1. The number of carbonyl (C=O) groups is 1. The first kappa shape index (κ1) is 14.4. The number of nitrogens with zero attached hydrogens (tertiary/aromatic N) is 1. The summed E-state index contributed by atoms with van der Waals surface area (Å²) in [5.41, 5.74) is 0. The summed E-state index contributed by atoms with van der Waals surface area (Å²) in [4.78, 5) is 13.8. The smallest absolute Gasteiger partial charge is 0.322 e. The Hall–Kier alpha value is -0.650. The van der Waals surface area contributed by atoms with E-state index < -0.39 is 0 Å². The lowest BCUT2D eigenvalue weighted by Crippen LogP contribution is -2.40. The normalized spacial score (nSPS) is 24.1.